The first-order valence-corrected chi connectivity index (χ1v) is 11.7. The third-order valence-corrected chi connectivity index (χ3v) is 7.14. The molecule has 160 valence electrons. The van der Waals surface area contributed by atoms with E-state index in [1.165, 1.54) is 62.3 Å². The summed E-state index contributed by atoms with van der Waals surface area (Å²) < 4.78 is 9.75. The van der Waals surface area contributed by atoms with Crippen molar-refractivity contribution >= 4 is 29.3 Å². The molecule has 1 heterocycles. The predicted molar refractivity (Wildman–Crippen MR) is 122 cm³/mol. The number of carbonyl (C=O) groups excluding carboxylic acids is 1. The number of hydrogen-bond donors (Lipinski definition) is 3. The first-order chi connectivity index (χ1) is 14.3. The fraction of sp³-hybridized carbons (Fsp3) is 0.500. The van der Waals surface area contributed by atoms with Gasteiger partial charge in [0.15, 0.2) is 5.09 Å². The van der Waals surface area contributed by atoms with Crippen LogP contribution in [0.1, 0.15) is 73.6 Å². The van der Waals surface area contributed by atoms with E-state index < -0.39 is 0 Å². The van der Waals surface area contributed by atoms with Gasteiger partial charge in [0.05, 0.1) is 5.69 Å². The SMILES string of the molecule is CC(N)=O.CC1(C)CCc2oc(SNc3c4c(cc5c3CCC5)CCC4)cc2C1=N. The molecule has 0 fully saturated rings. The van der Waals surface area contributed by atoms with E-state index in [9.17, 15) is 4.79 Å². The number of anilines is 1. The maximum absolute atomic E-state index is 9.22. The van der Waals surface area contributed by atoms with E-state index in [-0.39, 0.29) is 11.3 Å². The molecule has 3 aliphatic carbocycles. The Bertz CT molecular complexity index is 970. The molecular formula is C24H31N3O2S. The molecule has 5 rings (SSSR count). The van der Waals surface area contributed by atoms with E-state index in [0.29, 0.717) is 0 Å². The van der Waals surface area contributed by atoms with Gasteiger partial charge in [-0.05, 0) is 67.2 Å². The van der Waals surface area contributed by atoms with Gasteiger partial charge in [0.25, 0.3) is 0 Å². The number of furan rings is 1. The van der Waals surface area contributed by atoms with Crippen molar-refractivity contribution in [3.8, 4) is 0 Å². The topological polar surface area (TPSA) is 92.1 Å². The minimum atomic E-state index is -0.333. The predicted octanol–water partition coefficient (Wildman–Crippen LogP) is 5.21. The van der Waals surface area contributed by atoms with Crippen LogP contribution < -0.4 is 10.5 Å². The molecular weight excluding hydrogens is 394 g/mol. The fourth-order valence-electron chi connectivity index (χ4n) is 4.81. The molecule has 1 aromatic carbocycles. The Morgan fingerprint density at radius 1 is 1.10 bits per heavy atom. The second-order valence-corrected chi connectivity index (χ2v) is 10.0. The molecule has 0 saturated heterocycles. The van der Waals surface area contributed by atoms with Gasteiger partial charge in [-0.3, -0.25) is 4.79 Å². The van der Waals surface area contributed by atoms with E-state index >= 15 is 0 Å². The fourth-order valence-corrected chi connectivity index (χ4v) is 5.58. The molecule has 30 heavy (non-hydrogen) atoms. The Labute approximate surface area is 182 Å². The largest absolute Gasteiger partial charge is 0.452 e. The molecule has 0 aliphatic heterocycles. The highest BCUT2D eigenvalue weighted by Gasteiger charge is 2.34. The van der Waals surface area contributed by atoms with Crippen LogP contribution >= 0.6 is 11.9 Å². The Balaban J connectivity index is 0.000000503. The van der Waals surface area contributed by atoms with Gasteiger partial charge in [-0.15, -0.1) is 0 Å². The van der Waals surface area contributed by atoms with Crippen LogP contribution in [0.15, 0.2) is 21.6 Å². The highest BCUT2D eigenvalue weighted by Crippen LogP contribution is 2.42. The molecule has 4 N–H and O–H groups in total. The summed E-state index contributed by atoms with van der Waals surface area (Å²) in [5.41, 5.74) is 13.7. The quantitative estimate of drug-likeness (QED) is 0.589. The molecule has 0 spiro atoms. The summed E-state index contributed by atoms with van der Waals surface area (Å²) >= 11 is 1.59. The van der Waals surface area contributed by atoms with Crippen LogP contribution in [0.3, 0.4) is 0 Å². The maximum Gasteiger partial charge on any atom is 0.214 e. The lowest BCUT2D eigenvalue weighted by Crippen LogP contribution is -2.29. The summed E-state index contributed by atoms with van der Waals surface area (Å²) in [6.07, 6.45) is 9.31. The summed E-state index contributed by atoms with van der Waals surface area (Å²) in [6, 6.07) is 4.54. The Morgan fingerprint density at radius 3 is 2.30 bits per heavy atom. The minimum absolute atomic E-state index is 0.0483. The van der Waals surface area contributed by atoms with Crippen LogP contribution in [0.25, 0.3) is 0 Å². The van der Waals surface area contributed by atoms with Crippen LogP contribution in [0.5, 0.6) is 0 Å². The summed E-state index contributed by atoms with van der Waals surface area (Å²) in [4.78, 5) is 9.22. The number of nitrogens with two attached hydrogens (primary N) is 1. The Kier molecular flexibility index (Phi) is 5.71. The number of nitrogens with one attached hydrogen (secondary N) is 2. The van der Waals surface area contributed by atoms with Gasteiger partial charge in [0.2, 0.25) is 5.91 Å². The zero-order chi connectivity index (χ0) is 21.5. The summed E-state index contributed by atoms with van der Waals surface area (Å²) in [7, 11) is 0. The molecule has 5 nitrogen and oxygen atoms in total. The van der Waals surface area contributed by atoms with Crippen LogP contribution in [0.4, 0.5) is 5.69 Å². The second kappa shape index (κ2) is 8.14. The number of rotatable bonds is 3. The smallest absolute Gasteiger partial charge is 0.214 e. The van der Waals surface area contributed by atoms with Crippen molar-refractivity contribution in [2.45, 2.75) is 77.2 Å². The summed E-state index contributed by atoms with van der Waals surface area (Å²) in [5, 5.41) is 9.38. The monoisotopic (exact) mass is 425 g/mol. The van der Waals surface area contributed by atoms with Crippen LogP contribution in [0, 0.1) is 10.8 Å². The third kappa shape index (κ3) is 4.02. The first-order valence-electron chi connectivity index (χ1n) is 10.8. The number of primary amides is 1. The van der Waals surface area contributed by atoms with Crippen LogP contribution in [0.2, 0.25) is 0 Å². The lowest BCUT2D eigenvalue weighted by Gasteiger charge is -2.29. The zero-order valence-electron chi connectivity index (χ0n) is 18.1. The van der Waals surface area contributed by atoms with Gasteiger partial charge in [-0.25, -0.2) is 0 Å². The standard InChI is InChI=1S/C22H26N2OS.C2H5NO/c1-22(2)10-9-18-17(21(22)23)12-19(25-18)26-24-20-15-7-3-5-13(15)11-14-6-4-8-16(14)20;1-2(3)4/h11-12,23-24H,3-10H2,1-2H3;1H3,(H2,3,4). The minimum Gasteiger partial charge on any atom is -0.452 e. The van der Waals surface area contributed by atoms with Crippen molar-refractivity contribution in [3.05, 3.63) is 45.7 Å². The molecule has 0 unspecified atom stereocenters. The van der Waals surface area contributed by atoms with Crippen molar-refractivity contribution in [2.24, 2.45) is 11.1 Å². The van der Waals surface area contributed by atoms with Crippen molar-refractivity contribution < 1.29 is 9.21 Å². The van der Waals surface area contributed by atoms with E-state index in [4.69, 9.17) is 9.83 Å². The van der Waals surface area contributed by atoms with Crippen molar-refractivity contribution in [1.29, 1.82) is 5.41 Å². The van der Waals surface area contributed by atoms with Crippen molar-refractivity contribution in [2.75, 3.05) is 4.72 Å². The molecule has 0 radical (unpaired) electrons. The molecule has 0 bridgehead atoms. The van der Waals surface area contributed by atoms with Crippen LogP contribution in [-0.2, 0) is 36.9 Å². The number of fused-ring (bicyclic) bond motifs is 3. The van der Waals surface area contributed by atoms with E-state index in [2.05, 4.69) is 36.4 Å². The zero-order valence-corrected chi connectivity index (χ0v) is 18.9. The average molecular weight is 426 g/mol. The van der Waals surface area contributed by atoms with Gasteiger partial charge in [-0.1, -0.05) is 19.9 Å². The van der Waals surface area contributed by atoms with Gasteiger partial charge in [-0.2, -0.15) is 0 Å². The molecule has 2 aromatic rings. The Hall–Kier alpha value is -2.21. The lowest BCUT2D eigenvalue weighted by atomic mass is 9.75. The van der Waals surface area contributed by atoms with E-state index in [0.717, 1.165) is 35.0 Å². The average Bonchev–Trinajstić information content (AvgIpc) is 3.40. The van der Waals surface area contributed by atoms with E-state index in [1.54, 1.807) is 23.1 Å². The Morgan fingerprint density at radius 2 is 1.70 bits per heavy atom. The lowest BCUT2D eigenvalue weighted by molar-refractivity contribution is -0.115. The first kappa shape index (κ1) is 21.0. The van der Waals surface area contributed by atoms with E-state index in [1.807, 2.05) is 0 Å². The summed E-state index contributed by atoms with van der Waals surface area (Å²) in [6.45, 7) is 5.62. The third-order valence-electron chi connectivity index (χ3n) is 6.44. The van der Waals surface area contributed by atoms with Gasteiger partial charge >= 0.3 is 0 Å². The maximum atomic E-state index is 9.22. The number of aryl methyl sites for hydroxylation is 3. The van der Waals surface area contributed by atoms with Gasteiger partial charge in [0, 0.05) is 48.0 Å². The molecule has 6 heteroatoms. The number of benzene rings is 1. The van der Waals surface area contributed by atoms with Gasteiger partial charge < -0.3 is 20.3 Å². The van der Waals surface area contributed by atoms with Gasteiger partial charge in [0.1, 0.15) is 5.76 Å². The number of hydrogen-bond acceptors (Lipinski definition) is 5. The molecule has 1 aromatic heterocycles. The normalized spacial score (nSPS) is 18.2. The highest BCUT2D eigenvalue weighted by atomic mass is 32.2. The molecule has 0 saturated carbocycles. The molecule has 1 amide bonds. The molecule has 3 aliphatic rings. The van der Waals surface area contributed by atoms with Crippen molar-refractivity contribution in [1.82, 2.24) is 0 Å². The van der Waals surface area contributed by atoms with Crippen molar-refractivity contribution in [3.63, 3.8) is 0 Å². The highest BCUT2D eigenvalue weighted by molar-refractivity contribution is 8.00. The summed E-state index contributed by atoms with van der Waals surface area (Å²) in [5.74, 6) is 0.655. The molecule has 0 atom stereocenters. The number of carbonyl (C=O) groups is 1. The second-order valence-electron chi connectivity index (χ2n) is 9.21. The van der Waals surface area contributed by atoms with Crippen LogP contribution in [-0.4, -0.2) is 11.6 Å². The number of amides is 1.